The number of nitrogens with one attached hydrogen (secondary N) is 3. The van der Waals surface area contributed by atoms with E-state index in [-0.39, 0.29) is 42.2 Å². The zero-order valence-electron chi connectivity index (χ0n) is 31.5. The van der Waals surface area contributed by atoms with E-state index in [4.69, 9.17) is 23.9 Å². The Morgan fingerprint density at radius 2 is 1.89 bits per heavy atom. The van der Waals surface area contributed by atoms with Crippen molar-refractivity contribution in [3.63, 3.8) is 0 Å². The molecule has 0 bridgehead atoms. The van der Waals surface area contributed by atoms with Gasteiger partial charge in [0.05, 0.1) is 18.9 Å². The lowest BCUT2D eigenvalue weighted by molar-refractivity contribution is -0.142. The molecule has 2 saturated carbocycles. The number of sulfonamides is 1. The van der Waals surface area contributed by atoms with Gasteiger partial charge in [-0.25, -0.2) is 17.8 Å². The molecule has 0 radical (unpaired) electrons. The van der Waals surface area contributed by atoms with Crippen molar-refractivity contribution in [1.82, 2.24) is 30.2 Å². The van der Waals surface area contributed by atoms with Crippen molar-refractivity contribution in [2.75, 3.05) is 13.7 Å². The van der Waals surface area contributed by atoms with E-state index in [2.05, 4.69) is 15.4 Å². The lowest BCUT2D eigenvalue weighted by Gasteiger charge is -2.29. The van der Waals surface area contributed by atoms with Crippen LogP contribution in [-0.2, 0) is 29.2 Å². The normalized spacial score (nSPS) is 26.1. The number of hydrogen-bond acceptors (Lipinski definition) is 11. The average molecular weight is 803 g/mol. The smallest absolute Gasteiger partial charge is 0.262 e. The number of nitrogens with zero attached hydrogens (tertiary/aromatic N) is 3. The number of rotatable bonds is 8. The van der Waals surface area contributed by atoms with Crippen molar-refractivity contribution in [3.05, 3.63) is 60.4 Å². The Morgan fingerprint density at radius 3 is 2.67 bits per heavy atom. The van der Waals surface area contributed by atoms with Crippen LogP contribution in [0.5, 0.6) is 11.6 Å². The summed E-state index contributed by atoms with van der Waals surface area (Å²) in [5, 5.41) is 5.33. The number of carbonyl (C=O) groups is 4. The SMILES string of the molecule is COc1cccc(-c2nc(O[C@@H]3C[C@H]4C(=O)N[C@]5(C(=O)NS(=O)(=O)C6CC6)C[C@H]5/C=C\CCCCC[C@H](NC(C)=O)C(=O)N4C3)c3oc4ccc(F)cc4c3n2)c1. The Morgan fingerprint density at radius 1 is 1.07 bits per heavy atom. The zero-order chi connectivity index (χ0) is 40.1. The van der Waals surface area contributed by atoms with Crippen LogP contribution in [0.3, 0.4) is 0 Å². The average Bonchev–Trinajstić information content (AvgIpc) is 4.08. The third-order valence-corrected chi connectivity index (χ3v) is 12.9. The molecule has 57 heavy (non-hydrogen) atoms. The Labute approximate surface area is 327 Å². The molecule has 15 nitrogen and oxygen atoms in total. The summed E-state index contributed by atoms with van der Waals surface area (Å²) in [6.45, 7) is 1.21. The van der Waals surface area contributed by atoms with Crippen molar-refractivity contribution in [1.29, 1.82) is 0 Å². The number of hydrogen-bond donors (Lipinski definition) is 3. The van der Waals surface area contributed by atoms with E-state index in [1.54, 1.807) is 24.3 Å². The molecule has 17 heteroatoms. The van der Waals surface area contributed by atoms with E-state index in [1.807, 2.05) is 12.2 Å². The summed E-state index contributed by atoms with van der Waals surface area (Å²) in [5.74, 6) is -2.63. The van der Waals surface area contributed by atoms with Crippen LogP contribution in [0.1, 0.15) is 64.7 Å². The van der Waals surface area contributed by atoms with Gasteiger partial charge in [-0.15, -0.1) is 0 Å². The van der Waals surface area contributed by atoms with Gasteiger partial charge >= 0.3 is 0 Å². The van der Waals surface area contributed by atoms with Crippen LogP contribution in [0.15, 0.2) is 59.0 Å². The Kier molecular flexibility index (Phi) is 10.1. The van der Waals surface area contributed by atoms with Crippen molar-refractivity contribution in [2.24, 2.45) is 5.92 Å². The number of fused-ring (bicyclic) bond motifs is 5. The molecule has 4 heterocycles. The number of halogens is 1. The standard InChI is InChI=1S/C40H43FN6O9S/c1-22(48)42-30-12-7-5-3-4-6-10-24-20-40(24,39(51)46-57(52,53)28-14-15-28)45-36(49)31-19-27(21-47(31)38(30)50)55-37-34-33(29-18-25(41)13-16-32(29)56-34)43-35(44-37)23-9-8-11-26(17-23)54-2/h6,8-11,13,16-18,24,27-28,30-31H,3-5,7,12,14-15,19-21H2,1-2H3,(H,42,48)(H,45,49)(H,46,51)/b10-6-/t24-,27-,30+,31+,40-/m1/s1. The van der Waals surface area contributed by atoms with Crippen LogP contribution in [0.25, 0.3) is 33.5 Å². The van der Waals surface area contributed by atoms with Gasteiger partial charge in [0.25, 0.3) is 11.8 Å². The van der Waals surface area contributed by atoms with Gasteiger partial charge in [-0.1, -0.05) is 37.1 Å². The quantitative estimate of drug-likeness (QED) is 0.217. The lowest BCUT2D eigenvalue weighted by Crippen LogP contribution is -2.58. The fraction of sp³-hybridized carbons (Fsp3) is 0.450. The fourth-order valence-electron chi connectivity index (χ4n) is 7.81. The molecule has 2 aromatic carbocycles. The van der Waals surface area contributed by atoms with E-state index >= 15 is 0 Å². The molecule has 5 atom stereocenters. The van der Waals surface area contributed by atoms with E-state index in [0.717, 1.165) is 12.8 Å². The first kappa shape index (κ1) is 38.3. The zero-order valence-corrected chi connectivity index (χ0v) is 32.3. The van der Waals surface area contributed by atoms with Crippen LogP contribution in [0, 0.1) is 11.7 Å². The summed E-state index contributed by atoms with van der Waals surface area (Å²) in [6, 6.07) is 8.94. The second-order valence-electron chi connectivity index (χ2n) is 15.3. The van der Waals surface area contributed by atoms with E-state index in [1.165, 1.54) is 37.1 Å². The molecule has 3 fully saturated rings. The summed E-state index contributed by atoms with van der Waals surface area (Å²) in [6.07, 6.45) is 7.11. The summed E-state index contributed by atoms with van der Waals surface area (Å²) < 4.78 is 60.5. The predicted molar refractivity (Wildman–Crippen MR) is 205 cm³/mol. The van der Waals surface area contributed by atoms with Gasteiger partial charge in [0.1, 0.15) is 46.4 Å². The largest absolute Gasteiger partial charge is 0.497 e. The monoisotopic (exact) mass is 802 g/mol. The maximum absolute atomic E-state index is 14.5. The van der Waals surface area contributed by atoms with Crippen molar-refractivity contribution >= 4 is 55.7 Å². The number of aromatic nitrogens is 2. The van der Waals surface area contributed by atoms with Crippen molar-refractivity contribution in [2.45, 2.75) is 93.7 Å². The molecule has 0 unspecified atom stereocenters. The van der Waals surface area contributed by atoms with Gasteiger partial charge in [0, 0.05) is 30.2 Å². The minimum atomic E-state index is -3.93. The highest BCUT2D eigenvalue weighted by atomic mass is 32.2. The Balaban J connectivity index is 1.16. The van der Waals surface area contributed by atoms with Gasteiger partial charge in [-0.3, -0.25) is 23.9 Å². The molecule has 8 rings (SSSR count). The maximum Gasteiger partial charge on any atom is 0.262 e. The molecule has 4 aromatic rings. The van der Waals surface area contributed by atoms with Crippen LogP contribution in [-0.4, -0.2) is 89.5 Å². The summed E-state index contributed by atoms with van der Waals surface area (Å²) in [5.41, 5.74) is -0.242. The molecule has 4 amide bonds. The minimum absolute atomic E-state index is 0.0121. The molecule has 300 valence electrons. The topological polar surface area (TPSA) is 199 Å². The predicted octanol–water partition coefficient (Wildman–Crippen LogP) is 4.05. The van der Waals surface area contributed by atoms with Crippen LogP contribution >= 0.6 is 0 Å². The van der Waals surface area contributed by atoms with Gasteiger partial charge in [0.15, 0.2) is 5.82 Å². The minimum Gasteiger partial charge on any atom is -0.497 e. The summed E-state index contributed by atoms with van der Waals surface area (Å²) >= 11 is 0. The third-order valence-electron chi connectivity index (χ3n) is 11.1. The van der Waals surface area contributed by atoms with Crippen molar-refractivity contribution < 1.29 is 45.9 Å². The molecule has 0 spiro atoms. The first-order valence-electron chi connectivity index (χ1n) is 19.2. The second-order valence-corrected chi connectivity index (χ2v) is 17.2. The van der Waals surface area contributed by atoms with E-state index in [0.29, 0.717) is 54.4 Å². The Hall–Kier alpha value is -5.58. The summed E-state index contributed by atoms with van der Waals surface area (Å²) in [7, 11) is -2.40. The highest BCUT2D eigenvalue weighted by Crippen LogP contribution is 2.46. The highest BCUT2D eigenvalue weighted by molar-refractivity contribution is 7.91. The number of allylic oxidation sites excluding steroid dienone is 1. The van der Waals surface area contributed by atoms with E-state index in [9.17, 15) is 32.0 Å². The number of carbonyl (C=O) groups excluding carboxylic acids is 4. The molecule has 2 aliphatic carbocycles. The lowest BCUT2D eigenvalue weighted by atomic mass is 10.0. The molecular weight excluding hydrogens is 760 g/mol. The van der Waals surface area contributed by atoms with Gasteiger partial charge in [-0.05, 0) is 68.9 Å². The molecule has 1 saturated heterocycles. The number of ether oxygens (including phenoxy) is 2. The molecule has 3 N–H and O–H groups in total. The first-order valence-corrected chi connectivity index (χ1v) is 20.7. The van der Waals surface area contributed by atoms with E-state index < -0.39 is 74.4 Å². The number of furan rings is 1. The van der Waals surface area contributed by atoms with Gasteiger partial charge in [0.2, 0.25) is 33.3 Å². The maximum atomic E-state index is 14.5. The molecule has 2 aliphatic heterocycles. The Bertz CT molecular complexity index is 2420. The number of amides is 4. The fourth-order valence-corrected chi connectivity index (χ4v) is 9.18. The first-order chi connectivity index (χ1) is 27.3. The number of benzene rings is 2. The number of methoxy groups -OCH3 is 1. The van der Waals surface area contributed by atoms with Gasteiger partial charge < -0.3 is 29.4 Å². The van der Waals surface area contributed by atoms with Crippen molar-refractivity contribution in [3.8, 4) is 23.0 Å². The molecule has 2 aromatic heterocycles. The summed E-state index contributed by atoms with van der Waals surface area (Å²) in [4.78, 5) is 65.7. The third kappa shape index (κ3) is 7.76. The molecule has 4 aliphatic rings. The highest BCUT2D eigenvalue weighted by Gasteiger charge is 2.62. The molecular formula is C40H43FN6O9S. The van der Waals surface area contributed by atoms with Crippen LogP contribution in [0.4, 0.5) is 4.39 Å². The van der Waals surface area contributed by atoms with Crippen LogP contribution < -0.4 is 24.8 Å². The van der Waals surface area contributed by atoms with Crippen LogP contribution in [0.2, 0.25) is 0 Å². The van der Waals surface area contributed by atoms with Gasteiger partial charge in [-0.2, -0.15) is 4.98 Å². The second kappa shape index (κ2) is 15.1.